The fourth-order valence-electron chi connectivity index (χ4n) is 2.43. The molecular formula is C13H19BrN2OS. The third-order valence-electron chi connectivity index (χ3n) is 3.62. The molecule has 2 rings (SSSR count). The smallest absolute Gasteiger partial charge is 0.223 e. The van der Waals surface area contributed by atoms with Gasteiger partial charge in [-0.15, -0.1) is 11.3 Å². The summed E-state index contributed by atoms with van der Waals surface area (Å²) < 4.78 is 1.11. The topological polar surface area (TPSA) is 55.1 Å². The molecule has 1 aromatic heterocycles. The van der Waals surface area contributed by atoms with Crippen molar-refractivity contribution in [3.63, 3.8) is 0 Å². The molecule has 0 saturated heterocycles. The van der Waals surface area contributed by atoms with Gasteiger partial charge in [0.15, 0.2) is 0 Å². The van der Waals surface area contributed by atoms with Gasteiger partial charge < -0.3 is 11.1 Å². The van der Waals surface area contributed by atoms with Crippen LogP contribution in [0.25, 0.3) is 0 Å². The molecule has 0 aliphatic heterocycles. The molecule has 3 N–H and O–H groups in total. The lowest BCUT2D eigenvalue weighted by Gasteiger charge is -2.26. The molecule has 5 heteroatoms. The van der Waals surface area contributed by atoms with E-state index in [-0.39, 0.29) is 11.8 Å². The van der Waals surface area contributed by atoms with E-state index in [1.165, 1.54) is 4.88 Å². The predicted molar refractivity (Wildman–Crippen MR) is 78.4 cm³/mol. The van der Waals surface area contributed by atoms with Crippen molar-refractivity contribution in [3.8, 4) is 0 Å². The molecular weight excluding hydrogens is 312 g/mol. The Bertz CT molecular complexity index is 399. The molecule has 1 aliphatic carbocycles. The van der Waals surface area contributed by atoms with E-state index in [2.05, 4.69) is 21.2 Å². The maximum atomic E-state index is 12.0. The van der Waals surface area contributed by atoms with Crippen molar-refractivity contribution in [1.29, 1.82) is 0 Å². The second kappa shape index (κ2) is 6.68. The molecule has 18 heavy (non-hydrogen) atoms. The highest BCUT2D eigenvalue weighted by atomic mass is 79.9. The summed E-state index contributed by atoms with van der Waals surface area (Å²) in [6.07, 6.45) is 4.17. The summed E-state index contributed by atoms with van der Waals surface area (Å²) in [5, 5.41) is 3.03. The first-order valence-corrected chi connectivity index (χ1v) is 8.02. The summed E-state index contributed by atoms with van der Waals surface area (Å²) in [6.45, 7) is 1.41. The molecule has 1 amide bonds. The SMILES string of the molecule is NCC1CCC(C(=O)NCc2ccc(Br)s2)CC1. The van der Waals surface area contributed by atoms with Crippen molar-refractivity contribution >= 4 is 33.2 Å². The van der Waals surface area contributed by atoms with Crippen molar-refractivity contribution < 1.29 is 4.79 Å². The number of rotatable bonds is 4. The molecule has 1 aromatic rings. The van der Waals surface area contributed by atoms with Gasteiger partial charge in [-0.05, 0) is 66.2 Å². The first kappa shape index (κ1) is 14.0. The van der Waals surface area contributed by atoms with Crippen molar-refractivity contribution in [1.82, 2.24) is 5.32 Å². The van der Waals surface area contributed by atoms with Gasteiger partial charge in [0.2, 0.25) is 5.91 Å². The van der Waals surface area contributed by atoms with E-state index in [4.69, 9.17) is 5.73 Å². The minimum atomic E-state index is 0.191. The molecule has 0 atom stereocenters. The van der Waals surface area contributed by atoms with Gasteiger partial charge in [0, 0.05) is 10.8 Å². The number of thiophene rings is 1. The molecule has 0 radical (unpaired) electrons. The second-order valence-corrected chi connectivity index (χ2v) is 7.42. The Morgan fingerprint density at radius 1 is 1.39 bits per heavy atom. The van der Waals surface area contributed by atoms with Gasteiger partial charge in [0.25, 0.3) is 0 Å². The van der Waals surface area contributed by atoms with Crippen LogP contribution in [0.1, 0.15) is 30.6 Å². The molecule has 100 valence electrons. The zero-order valence-electron chi connectivity index (χ0n) is 10.3. The fourth-order valence-corrected chi connectivity index (χ4v) is 3.85. The third-order valence-corrected chi connectivity index (χ3v) is 5.24. The van der Waals surface area contributed by atoms with Gasteiger partial charge in [0.05, 0.1) is 10.3 Å². The van der Waals surface area contributed by atoms with Crippen molar-refractivity contribution in [3.05, 3.63) is 20.8 Å². The lowest BCUT2D eigenvalue weighted by atomic mass is 9.81. The van der Waals surface area contributed by atoms with Crippen molar-refractivity contribution in [2.24, 2.45) is 17.6 Å². The monoisotopic (exact) mass is 330 g/mol. The minimum Gasteiger partial charge on any atom is -0.351 e. The maximum Gasteiger partial charge on any atom is 0.223 e. The van der Waals surface area contributed by atoms with E-state index in [0.29, 0.717) is 12.5 Å². The number of halogens is 1. The van der Waals surface area contributed by atoms with Crippen LogP contribution >= 0.6 is 27.3 Å². The zero-order chi connectivity index (χ0) is 13.0. The number of amides is 1. The lowest BCUT2D eigenvalue weighted by molar-refractivity contribution is -0.126. The van der Waals surface area contributed by atoms with Gasteiger partial charge in [-0.1, -0.05) is 0 Å². The highest BCUT2D eigenvalue weighted by molar-refractivity contribution is 9.11. The summed E-state index contributed by atoms with van der Waals surface area (Å²) in [7, 11) is 0. The Kier molecular flexibility index (Phi) is 5.21. The number of nitrogens with one attached hydrogen (secondary N) is 1. The summed E-state index contributed by atoms with van der Waals surface area (Å²) in [4.78, 5) is 13.2. The number of hydrogen-bond donors (Lipinski definition) is 2. The molecule has 0 aromatic carbocycles. The lowest BCUT2D eigenvalue weighted by Crippen LogP contribution is -2.33. The molecule has 1 fully saturated rings. The molecule has 0 unspecified atom stereocenters. The standard InChI is InChI=1S/C13H19BrN2OS/c14-12-6-5-11(18-12)8-16-13(17)10-3-1-9(7-15)2-4-10/h5-6,9-10H,1-4,7-8,15H2,(H,16,17). The normalized spacial score (nSPS) is 23.9. The third kappa shape index (κ3) is 3.80. The Hall–Kier alpha value is -0.390. The van der Waals surface area contributed by atoms with Crippen LogP contribution < -0.4 is 11.1 Å². The predicted octanol–water partition coefficient (Wildman–Crippen LogP) is 2.89. The maximum absolute atomic E-state index is 12.0. The Labute approximate surface area is 120 Å². The Morgan fingerprint density at radius 3 is 2.67 bits per heavy atom. The highest BCUT2D eigenvalue weighted by Crippen LogP contribution is 2.28. The summed E-state index contributed by atoms with van der Waals surface area (Å²) in [6, 6.07) is 4.05. The van der Waals surface area contributed by atoms with E-state index in [0.717, 1.165) is 36.0 Å². The molecule has 0 spiro atoms. The summed E-state index contributed by atoms with van der Waals surface area (Å²) in [5.74, 6) is 1.02. The number of carbonyl (C=O) groups excluding carboxylic acids is 1. The van der Waals surface area contributed by atoms with Crippen LogP contribution in [-0.4, -0.2) is 12.5 Å². The Morgan fingerprint density at radius 2 is 2.11 bits per heavy atom. The van der Waals surface area contributed by atoms with E-state index in [1.807, 2.05) is 12.1 Å². The quantitative estimate of drug-likeness (QED) is 0.891. The Balaban J connectivity index is 1.75. The minimum absolute atomic E-state index is 0.191. The zero-order valence-corrected chi connectivity index (χ0v) is 12.7. The van der Waals surface area contributed by atoms with Crippen LogP contribution in [0.3, 0.4) is 0 Å². The largest absolute Gasteiger partial charge is 0.351 e. The van der Waals surface area contributed by atoms with Gasteiger partial charge >= 0.3 is 0 Å². The van der Waals surface area contributed by atoms with Crippen LogP contribution in [-0.2, 0) is 11.3 Å². The first-order chi connectivity index (χ1) is 8.69. The molecule has 1 heterocycles. The van der Waals surface area contributed by atoms with Gasteiger partial charge in [-0.25, -0.2) is 0 Å². The van der Waals surface area contributed by atoms with Crippen LogP contribution in [0.5, 0.6) is 0 Å². The van der Waals surface area contributed by atoms with Crippen LogP contribution in [0.15, 0.2) is 15.9 Å². The van der Waals surface area contributed by atoms with Gasteiger partial charge in [-0.2, -0.15) is 0 Å². The van der Waals surface area contributed by atoms with Gasteiger partial charge in [0.1, 0.15) is 0 Å². The molecule has 1 aliphatic rings. The van der Waals surface area contributed by atoms with Crippen molar-refractivity contribution in [2.45, 2.75) is 32.2 Å². The second-order valence-electron chi connectivity index (χ2n) is 4.88. The average Bonchev–Trinajstić information content (AvgIpc) is 2.82. The molecule has 1 saturated carbocycles. The number of carbonyl (C=O) groups is 1. The van der Waals surface area contributed by atoms with Crippen LogP contribution in [0.4, 0.5) is 0 Å². The molecule has 3 nitrogen and oxygen atoms in total. The van der Waals surface area contributed by atoms with E-state index in [1.54, 1.807) is 11.3 Å². The average molecular weight is 331 g/mol. The number of nitrogens with two attached hydrogens (primary N) is 1. The summed E-state index contributed by atoms with van der Waals surface area (Å²) >= 11 is 5.09. The molecule has 0 bridgehead atoms. The van der Waals surface area contributed by atoms with Crippen LogP contribution in [0, 0.1) is 11.8 Å². The van der Waals surface area contributed by atoms with E-state index < -0.39 is 0 Å². The van der Waals surface area contributed by atoms with E-state index in [9.17, 15) is 4.79 Å². The highest BCUT2D eigenvalue weighted by Gasteiger charge is 2.25. The van der Waals surface area contributed by atoms with E-state index >= 15 is 0 Å². The van der Waals surface area contributed by atoms with Crippen LogP contribution in [0.2, 0.25) is 0 Å². The van der Waals surface area contributed by atoms with Crippen molar-refractivity contribution in [2.75, 3.05) is 6.54 Å². The number of hydrogen-bond acceptors (Lipinski definition) is 3. The summed E-state index contributed by atoms with van der Waals surface area (Å²) in [5.41, 5.74) is 5.66. The first-order valence-electron chi connectivity index (χ1n) is 6.41. The fraction of sp³-hybridized carbons (Fsp3) is 0.615. The van der Waals surface area contributed by atoms with Gasteiger partial charge in [-0.3, -0.25) is 4.79 Å².